The average molecular weight is 396 g/mol. The fraction of sp³-hybridized carbons (Fsp3) is 0.833. The number of guanidine groups is 1. The first-order valence-electron chi connectivity index (χ1n) is 9.88. The van der Waals surface area contributed by atoms with E-state index in [0.29, 0.717) is 12.6 Å². The Labute approximate surface area is 166 Å². The van der Waals surface area contributed by atoms with Crippen LogP contribution in [0.25, 0.3) is 0 Å². The van der Waals surface area contributed by atoms with Crippen molar-refractivity contribution in [1.82, 2.24) is 30.3 Å². The number of aliphatic imine (C=N–C) groups is 1. The van der Waals surface area contributed by atoms with Gasteiger partial charge >= 0.3 is 0 Å². The number of nitrogens with zero attached hydrogens (tertiary/aromatic N) is 5. The van der Waals surface area contributed by atoms with Gasteiger partial charge in [0.1, 0.15) is 12.4 Å². The number of nitrogens with one attached hydrogen (secondary N) is 2. The van der Waals surface area contributed by atoms with Crippen LogP contribution in [0.3, 0.4) is 0 Å². The van der Waals surface area contributed by atoms with E-state index in [1.807, 2.05) is 30.3 Å². The lowest BCUT2D eigenvalue weighted by Crippen LogP contribution is -2.46. The lowest BCUT2D eigenvalue weighted by Gasteiger charge is -2.27. The number of thioether (sulfide) groups is 1. The van der Waals surface area contributed by atoms with Crippen LogP contribution in [-0.4, -0.2) is 82.6 Å². The summed E-state index contributed by atoms with van der Waals surface area (Å²) >= 11 is 1.97. The predicted molar refractivity (Wildman–Crippen MR) is 110 cm³/mol. The van der Waals surface area contributed by atoms with Crippen molar-refractivity contribution in [2.45, 2.75) is 44.0 Å². The Morgan fingerprint density at radius 2 is 2.11 bits per heavy atom. The maximum absolute atomic E-state index is 5.42. The number of hydrogen-bond donors (Lipinski definition) is 2. The second-order valence-electron chi connectivity index (χ2n) is 7.28. The van der Waals surface area contributed by atoms with Crippen molar-refractivity contribution in [1.29, 1.82) is 0 Å². The fourth-order valence-electron chi connectivity index (χ4n) is 3.53. The highest BCUT2D eigenvalue weighted by Crippen LogP contribution is 2.28. The lowest BCUT2D eigenvalue weighted by molar-refractivity contribution is 0.0389. The van der Waals surface area contributed by atoms with Gasteiger partial charge in [-0.25, -0.2) is 4.99 Å². The normalized spacial score (nSPS) is 24.3. The molecule has 9 heteroatoms. The summed E-state index contributed by atoms with van der Waals surface area (Å²) < 4.78 is 7.42. The molecule has 2 unspecified atom stereocenters. The van der Waals surface area contributed by atoms with Crippen LogP contribution < -0.4 is 10.6 Å². The van der Waals surface area contributed by atoms with E-state index >= 15 is 0 Å². The number of hydrogen-bond acceptors (Lipinski definition) is 6. The molecule has 1 aromatic rings. The smallest absolute Gasteiger partial charge is 0.191 e. The molecule has 2 atom stereocenters. The Bertz CT molecular complexity index is 615. The zero-order valence-corrected chi connectivity index (χ0v) is 17.6. The van der Waals surface area contributed by atoms with Crippen LogP contribution in [0.15, 0.2) is 4.99 Å². The summed E-state index contributed by atoms with van der Waals surface area (Å²) in [5.41, 5.74) is 0. The van der Waals surface area contributed by atoms with Gasteiger partial charge in [0.25, 0.3) is 0 Å². The minimum atomic E-state index is 0.498. The maximum atomic E-state index is 5.42. The van der Waals surface area contributed by atoms with Gasteiger partial charge in [-0.3, -0.25) is 4.90 Å². The summed E-state index contributed by atoms with van der Waals surface area (Å²) in [5.74, 6) is 2.68. The van der Waals surface area contributed by atoms with E-state index in [9.17, 15) is 0 Å². The summed E-state index contributed by atoms with van der Waals surface area (Å²) in [6.45, 7) is 8.07. The largest absolute Gasteiger partial charge is 0.379 e. The average Bonchev–Trinajstić information content (AvgIpc) is 3.27. The van der Waals surface area contributed by atoms with Crippen LogP contribution >= 0.6 is 11.8 Å². The van der Waals surface area contributed by atoms with Gasteiger partial charge in [0.2, 0.25) is 0 Å². The second kappa shape index (κ2) is 10.3. The summed E-state index contributed by atoms with van der Waals surface area (Å²) in [7, 11) is 1.99. The van der Waals surface area contributed by atoms with Crippen molar-refractivity contribution in [2.24, 2.45) is 12.0 Å². The van der Waals surface area contributed by atoms with E-state index in [4.69, 9.17) is 9.73 Å². The number of rotatable bonds is 7. The zero-order chi connectivity index (χ0) is 19.1. The quantitative estimate of drug-likeness (QED) is 0.522. The molecular weight excluding hydrogens is 362 g/mol. The second-order valence-corrected chi connectivity index (χ2v) is 8.42. The van der Waals surface area contributed by atoms with Crippen molar-refractivity contribution in [3.05, 3.63) is 11.6 Å². The Morgan fingerprint density at radius 1 is 1.30 bits per heavy atom. The monoisotopic (exact) mass is 395 g/mol. The molecule has 0 spiro atoms. The van der Waals surface area contributed by atoms with E-state index in [-0.39, 0.29) is 0 Å². The summed E-state index contributed by atoms with van der Waals surface area (Å²) in [6.07, 6.45) is 5.90. The molecule has 2 N–H and O–H groups in total. The van der Waals surface area contributed by atoms with E-state index in [0.717, 1.165) is 62.3 Å². The third-order valence-corrected chi connectivity index (χ3v) is 6.54. The Balaban J connectivity index is 1.55. The minimum absolute atomic E-state index is 0.498. The molecule has 0 aromatic carbocycles. The third-order valence-electron chi connectivity index (χ3n) is 5.44. The summed E-state index contributed by atoms with van der Waals surface area (Å²) in [4.78, 5) is 7.22. The molecule has 1 saturated carbocycles. The Morgan fingerprint density at radius 3 is 2.78 bits per heavy atom. The van der Waals surface area contributed by atoms with Gasteiger partial charge in [-0.1, -0.05) is 0 Å². The van der Waals surface area contributed by atoms with Crippen molar-refractivity contribution in [3.8, 4) is 0 Å². The Kier molecular flexibility index (Phi) is 7.78. The maximum Gasteiger partial charge on any atom is 0.191 e. The van der Waals surface area contributed by atoms with Crippen LogP contribution in [0.1, 0.15) is 30.9 Å². The highest BCUT2D eigenvalue weighted by Gasteiger charge is 2.24. The molecule has 2 heterocycles. The lowest BCUT2D eigenvalue weighted by atomic mass is 10.2. The van der Waals surface area contributed by atoms with Crippen LogP contribution in [0.4, 0.5) is 0 Å². The van der Waals surface area contributed by atoms with Gasteiger partial charge in [-0.15, -0.1) is 10.2 Å². The topological polar surface area (TPSA) is 79.6 Å². The minimum Gasteiger partial charge on any atom is -0.379 e. The first-order chi connectivity index (χ1) is 13.2. The highest BCUT2D eigenvalue weighted by molar-refractivity contribution is 7.99. The number of ether oxygens (including phenoxy) is 1. The van der Waals surface area contributed by atoms with Gasteiger partial charge in [0, 0.05) is 44.5 Å². The van der Waals surface area contributed by atoms with Crippen LogP contribution in [0.5, 0.6) is 0 Å². The first-order valence-corrected chi connectivity index (χ1v) is 11.2. The Hall–Kier alpha value is -1.32. The molecule has 152 valence electrons. The molecule has 3 rings (SSSR count). The number of aromatic nitrogens is 3. The van der Waals surface area contributed by atoms with Gasteiger partial charge in [-0.05, 0) is 32.4 Å². The highest BCUT2D eigenvalue weighted by atomic mass is 32.2. The fourth-order valence-corrected chi connectivity index (χ4v) is 4.32. The molecule has 0 bridgehead atoms. The van der Waals surface area contributed by atoms with E-state index in [2.05, 4.69) is 32.0 Å². The van der Waals surface area contributed by atoms with Gasteiger partial charge in [0.05, 0.1) is 13.2 Å². The molecule has 0 radical (unpaired) electrons. The molecule has 1 aliphatic carbocycles. The standard InChI is InChI=1S/C18H33N7OS/c1-14-22-23-17(24(14)2)13-20-18(21-15-4-5-16(12-15)27-3)19-6-7-25-8-10-26-11-9-25/h15-16H,4-13H2,1-3H3,(H2,19,20,21). The molecule has 2 fully saturated rings. The zero-order valence-electron chi connectivity index (χ0n) is 16.8. The molecule has 0 amide bonds. The van der Waals surface area contributed by atoms with Gasteiger partial charge in [-0.2, -0.15) is 11.8 Å². The molecule has 1 saturated heterocycles. The third kappa shape index (κ3) is 6.08. The molecule has 1 aliphatic heterocycles. The van der Waals surface area contributed by atoms with Crippen molar-refractivity contribution < 1.29 is 4.74 Å². The molecular formula is C18H33N7OS. The van der Waals surface area contributed by atoms with Gasteiger partial charge < -0.3 is 19.9 Å². The van der Waals surface area contributed by atoms with Crippen molar-refractivity contribution in [3.63, 3.8) is 0 Å². The summed E-state index contributed by atoms with van der Waals surface area (Å²) in [6, 6.07) is 0.498. The number of aryl methyl sites for hydroxylation is 1. The first kappa shape index (κ1) is 20.4. The van der Waals surface area contributed by atoms with E-state index in [1.165, 1.54) is 19.3 Å². The summed E-state index contributed by atoms with van der Waals surface area (Å²) in [5, 5.41) is 16.3. The van der Waals surface area contributed by atoms with Crippen LogP contribution in [0, 0.1) is 6.92 Å². The predicted octanol–water partition coefficient (Wildman–Crippen LogP) is 0.775. The van der Waals surface area contributed by atoms with E-state index < -0.39 is 0 Å². The molecule has 1 aromatic heterocycles. The molecule has 27 heavy (non-hydrogen) atoms. The van der Waals surface area contributed by atoms with Crippen LogP contribution in [-0.2, 0) is 18.3 Å². The molecule has 8 nitrogen and oxygen atoms in total. The molecule has 2 aliphatic rings. The SMILES string of the molecule is CSC1CCC(NC(=NCc2nnc(C)n2C)NCCN2CCOCC2)C1. The van der Waals surface area contributed by atoms with Crippen molar-refractivity contribution >= 4 is 17.7 Å². The van der Waals surface area contributed by atoms with Crippen LogP contribution in [0.2, 0.25) is 0 Å². The van der Waals surface area contributed by atoms with E-state index in [1.54, 1.807) is 0 Å². The van der Waals surface area contributed by atoms with Gasteiger partial charge in [0.15, 0.2) is 11.8 Å². The number of morpholine rings is 1. The van der Waals surface area contributed by atoms with Crippen molar-refractivity contribution in [2.75, 3.05) is 45.6 Å².